The Labute approximate surface area is 71.3 Å². The van der Waals surface area contributed by atoms with Gasteiger partial charge < -0.3 is 4.98 Å². The molecule has 0 saturated carbocycles. The Hall–Kier alpha value is -0.280. The molecule has 0 bridgehead atoms. The molecule has 0 radical (unpaired) electrons. The number of hydrogen-bond acceptors (Lipinski definition) is 1. The molecule has 1 rings (SSSR count). The third kappa shape index (κ3) is 1.61. The molecular weight excluding hydrogens is 217 g/mol. The fourth-order valence-corrected chi connectivity index (χ4v) is 1.19. The van der Waals surface area contributed by atoms with Crippen LogP contribution < -0.4 is 5.56 Å². The first kappa shape index (κ1) is 7.82. The lowest BCUT2D eigenvalue weighted by Gasteiger charge is -1.92. The second-order valence-corrected chi connectivity index (χ2v) is 2.99. The summed E-state index contributed by atoms with van der Waals surface area (Å²) in [5.41, 5.74) is 0.453. The standard InChI is InChI=1S/C6H5BrClNO/c7-5-1-4(2-8)6(10)9-3-5/h1,3H,2H2,(H,9,10). The van der Waals surface area contributed by atoms with Crippen molar-refractivity contribution in [3.8, 4) is 0 Å². The van der Waals surface area contributed by atoms with Crippen LogP contribution in [0.15, 0.2) is 21.5 Å². The molecule has 1 aromatic heterocycles. The van der Waals surface area contributed by atoms with Crippen LogP contribution in [0.3, 0.4) is 0 Å². The predicted octanol–water partition coefficient (Wildman–Crippen LogP) is 1.88. The second-order valence-electron chi connectivity index (χ2n) is 1.81. The van der Waals surface area contributed by atoms with Crippen LogP contribution in [-0.4, -0.2) is 4.98 Å². The van der Waals surface area contributed by atoms with Gasteiger partial charge in [-0.3, -0.25) is 4.79 Å². The smallest absolute Gasteiger partial charge is 0.252 e. The molecule has 4 heteroatoms. The lowest BCUT2D eigenvalue weighted by atomic mass is 10.3. The summed E-state index contributed by atoms with van der Waals surface area (Å²) < 4.78 is 0.836. The van der Waals surface area contributed by atoms with Gasteiger partial charge in [0.25, 0.3) is 5.56 Å². The van der Waals surface area contributed by atoms with Crippen molar-refractivity contribution in [2.45, 2.75) is 5.88 Å². The Kier molecular flexibility index (Phi) is 2.51. The van der Waals surface area contributed by atoms with Gasteiger partial charge in [0.1, 0.15) is 0 Å². The van der Waals surface area contributed by atoms with E-state index in [4.69, 9.17) is 11.6 Å². The van der Waals surface area contributed by atoms with Gasteiger partial charge in [0.05, 0.1) is 5.88 Å². The number of aromatic amines is 1. The van der Waals surface area contributed by atoms with Gasteiger partial charge in [-0.1, -0.05) is 0 Å². The second kappa shape index (κ2) is 3.21. The molecule has 0 atom stereocenters. The van der Waals surface area contributed by atoms with Crippen LogP contribution in [0, 0.1) is 0 Å². The van der Waals surface area contributed by atoms with E-state index in [9.17, 15) is 4.79 Å². The number of H-pyrrole nitrogens is 1. The van der Waals surface area contributed by atoms with E-state index in [1.54, 1.807) is 12.3 Å². The largest absolute Gasteiger partial charge is 0.328 e. The van der Waals surface area contributed by atoms with Crippen molar-refractivity contribution in [3.63, 3.8) is 0 Å². The highest BCUT2D eigenvalue weighted by Gasteiger charge is 1.96. The van der Waals surface area contributed by atoms with Crippen molar-refractivity contribution in [2.75, 3.05) is 0 Å². The minimum atomic E-state index is -0.127. The number of nitrogens with one attached hydrogen (secondary N) is 1. The Balaban J connectivity index is 3.22. The van der Waals surface area contributed by atoms with Crippen LogP contribution in [0.1, 0.15) is 5.56 Å². The number of aromatic nitrogens is 1. The lowest BCUT2D eigenvalue weighted by Crippen LogP contribution is -2.09. The maximum absolute atomic E-state index is 10.8. The first-order valence-corrected chi connectivity index (χ1v) is 4.00. The van der Waals surface area contributed by atoms with Gasteiger partial charge in [-0.25, -0.2) is 0 Å². The van der Waals surface area contributed by atoms with Gasteiger partial charge >= 0.3 is 0 Å². The maximum atomic E-state index is 10.8. The summed E-state index contributed by atoms with van der Waals surface area (Å²) in [4.78, 5) is 13.4. The van der Waals surface area contributed by atoms with Crippen molar-refractivity contribution in [1.82, 2.24) is 4.98 Å². The summed E-state index contributed by atoms with van der Waals surface area (Å²) in [5, 5.41) is 0. The predicted molar refractivity (Wildman–Crippen MR) is 44.3 cm³/mol. The fourth-order valence-electron chi connectivity index (χ4n) is 0.600. The van der Waals surface area contributed by atoms with E-state index in [2.05, 4.69) is 20.9 Å². The van der Waals surface area contributed by atoms with Crippen LogP contribution in [0.2, 0.25) is 0 Å². The third-order valence-electron chi connectivity index (χ3n) is 1.09. The van der Waals surface area contributed by atoms with Gasteiger partial charge in [-0.2, -0.15) is 0 Å². The summed E-state index contributed by atoms with van der Waals surface area (Å²) in [6, 6.07) is 1.70. The van der Waals surface area contributed by atoms with Crippen LogP contribution in [0.25, 0.3) is 0 Å². The molecule has 0 aromatic carbocycles. The average molecular weight is 222 g/mol. The molecule has 54 valence electrons. The van der Waals surface area contributed by atoms with Crippen molar-refractivity contribution < 1.29 is 0 Å². The number of alkyl halides is 1. The van der Waals surface area contributed by atoms with E-state index in [0.29, 0.717) is 5.56 Å². The quantitative estimate of drug-likeness (QED) is 0.723. The Morgan fingerprint density at radius 2 is 2.40 bits per heavy atom. The van der Waals surface area contributed by atoms with Gasteiger partial charge in [0.15, 0.2) is 0 Å². The Morgan fingerprint density at radius 3 is 2.90 bits per heavy atom. The molecule has 1 heterocycles. The molecule has 0 amide bonds. The first-order valence-electron chi connectivity index (χ1n) is 2.67. The molecule has 0 saturated heterocycles. The molecule has 10 heavy (non-hydrogen) atoms. The first-order chi connectivity index (χ1) is 4.74. The average Bonchev–Trinajstić information content (AvgIpc) is 1.94. The highest BCUT2D eigenvalue weighted by Crippen LogP contribution is 2.07. The zero-order chi connectivity index (χ0) is 7.56. The lowest BCUT2D eigenvalue weighted by molar-refractivity contribution is 1.15. The fraction of sp³-hybridized carbons (Fsp3) is 0.167. The van der Waals surface area contributed by atoms with Crippen LogP contribution in [0.4, 0.5) is 0 Å². The van der Waals surface area contributed by atoms with Crippen LogP contribution in [0.5, 0.6) is 0 Å². The van der Waals surface area contributed by atoms with Gasteiger partial charge in [0.2, 0.25) is 0 Å². The van der Waals surface area contributed by atoms with E-state index >= 15 is 0 Å². The number of hydrogen-bond donors (Lipinski definition) is 1. The minimum absolute atomic E-state index is 0.127. The zero-order valence-electron chi connectivity index (χ0n) is 5.03. The van der Waals surface area contributed by atoms with Crippen molar-refractivity contribution in [1.29, 1.82) is 0 Å². The Bertz CT molecular complexity index is 283. The Morgan fingerprint density at radius 1 is 1.70 bits per heavy atom. The summed E-state index contributed by atoms with van der Waals surface area (Å²) in [6.45, 7) is 0. The molecule has 0 aliphatic carbocycles. The van der Waals surface area contributed by atoms with E-state index in [-0.39, 0.29) is 11.4 Å². The van der Waals surface area contributed by atoms with Crippen LogP contribution in [-0.2, 0) is 5.88 Å². The normalized spacial score (nSPS) is 9.80. The molecule has 0 aliphatic heterocycles. The van der Waals surface area contributed by atoms with Crippen molar-refractivity contribution in [3.05, 3.63) is 32.7 Å². The van der Waals surface area contributed by atoms with Gasteiger partial charge in [0, 0.05) is 16.2 Å². The van der Waals surface area contributed by atoms with E-state index in [1.165, 1.54) is 0 Å². The van der Waals surface area contributed by atoms with Crippen molar-refractivity contribution >= 4 is 27.5 Å². The molecule has 0 unspecified atom stereocenters. The topological polar surface area (TPSA) is 32.9 Å². The highest BCUT2D eigenvalue weighted by atomic mass is 79.9. The molecule has 0 fully saturated rings. The van der Waals surface area contributed by atoms with E-state index in [0.717, 1.165) is 4.47 Å². The van der Waals surface area contributed by atoms with E-state index in [1.807, 2.05) is 0 Å². The molecule has 0 aliphatic rings. The minimum Gasteiger partial charge on any atom is -0.328 e. The summed E-state index contributed by atoms with van der Waals surface area (Å²) in [6.07, 6.45) is 1.58. The maximum Gasteiger partial charge on any atom is 0.252 e. The zero-order valence-corrected chi connectivity index (χ0v) is 7.37. The van der Waals surface area contributed by atoms with Crippen LogP contribution >= 0.6 is 27.5 Å². The van der Waals surface area contributed by atoms with E-state index < -0.39 is 0 Å². The molecular formula is C6H5BrClNO. The SMILES string of the molecule is O=c1[nH]cc(Br)cc1CCl. The highest BCUT2D eigenvalue weighted by molar-refractivity contribution is 9.10. The third-order valence-corrected chi connectivity index (χ3v) is 1.83. The molecule has 1 aromatic rings. The summed E-state index contributed by atoms with van der Waals surface area (Å²) in [7, 11) is 0. The summed E-state index contributed by atoms with van der Waals surface area (Å²) >= 11 is 8.67. The van der Waals surface area contributed by atoms with Gasteiger partial charge in [-0.15, -0.1) is 11.6 Å². The number of rotatable bonds is 1. The molecule has 0 spiro atoms. The molecule has 1 N–H and O–H groups in total. The van der Waals surface area contributed by atoms with Gasteiger partial charge in [-0.05, 0) is 22.0 Å². The van der Waals surface area contributed by atoms with Crippen molar-refractivity contribution in [2.24, 2.45) is 0 Å². The summed E-state index contributed by atoms with van der Waals surface area (Å²) in [5.74, 6) is 0.245. The number of pyridine rings is 1. The number of halogens is 2. The molecule has 2 nitrogen and oxygen atoms in total. The monoisotopic (exact) mass is 221 g/mol.